The van der Waals surface area contributed by atoms with Crippen molar-refractivity contribution in [3.63, 3.8) is 0 Å². The predicted octanol–water partition coefficient (Wildman–Crippen LogP) is 0.686. The lowest BCUT2D eigenvalue weighted by molar-refractivity contribution is 0.599. The van der Waals surface area contributed by atoms with E-state index < -0.39 is 10.0 Å². The SMILES string of the molecule is N=[N+]=NC1=NS(=O)(=O)c2ccccc21. The standard InChI is InChI=1S/C7H5N4O2S/c8-11-9-7-5-3-1-2-4-6(5)14(12,13)10-7/h1-4,8H/q+1. The van der Waals surface area contributed by atoms with E-state index in [0.29, 0.717) is 5.56 Å². The van der Waals surface area contributed by atoms with Crippen LogP contribution in [0.15, 0.2) is 38.7 Å². The Bertz CT molecular complexity index is 569. The molecule has 1 N–H and O–H groups in total. The lowest BCUT2D eigenvalue weighted by atomic mass is 10.2. The maximum atomic E-state index is 11.4. The molecule has 2 rings (SSSR count). The van der Waals surface area contributed by atoms with Crippen molar-refractivity contribution in [3.05, 3.63) is 29.8 Å². The van der Waals surface area contributed by atoms with E-state index in [-0.39, 0.29) is 10.7 Å². The van der Waals surface area contributed by atoms with Gasteiger partial charge in [0.2, 0.25) is 4.91 Å². The molecule has 0 atom stereocenters. The Kier molecular flexibility index (Phi) is 1.77. The van der Waals surface area contributed by atoms with E-state index in [1.54, 1.807) is 18.2 Å². The fourth-order valence-electron chi connectivity index (χ4n) is 1.21. The molecule has 7 heteroatoms. The summed E-state index contributed by atoms with van der Waals surface area (Å²) in [7, 11) is -3.63. The molecule has 1 aromatic carbocycles. The third-order valence-electron chi connectivity index (χ3n) is 1.76. The Labute approximate surface area is 79.6 Å². The summed E-state index contributed by atoms with van der Waals surface area (Å²) in [6, 6.07) is 6.30. The molecule has 1 heterocycles. The molecule has 0 aliphatic carbocycles. The van der Waals surface area contributed by atoms with Crippen molar-refractivity contribution >= 4 is 15.9 Å². The summed E-state index contributed by atoms with van der Waals surface area (Å²) in [6.45, 7) is 0. The van der Waals surface area contributed by atoms with Crippen LogP contribution in [0.4, 0.5) is 0 Å². The number of rotatable bonds is 0. The Morgan fingerprint density at radius 1 is 1.36 bits per heavy atom. The first-order valence-corrected chi connectivity index (χ1v) is 5.11. The molecule has 0 unspecified atom stereocenters. The highest BCUT2D eigenvalue weighted by Gasteiger charge is 2.30. The van der Waals surface area contributed by atoms with Crippen molar-refractivity contribution in [2.75, 3.05) is 0 Å². The van der Waals surface area contributed by atoms with E-state index in [1.807, 2.05) is 0 Å². The first kappa shape index (κ1) is 8.74. The van der Waals surface area contributed by atoms with Crippen molar-refractivity contribution in [1.29, 1.82) is 5.53 Å². The lowest BCUT2D eigenvalue weighted by Gasteiger charge is -1.92. The summed E-state index contributed by atoms with van der Waals surface area (Å²) in [6.07, 6.45) is 0. The summed E-state index contributed by atoms with van der Waals surface area (Å²) < 4.78 is 26.2. The molecule has 0 radical (unpaired) electrons. The van der Waals surface area contributed by atoms with Crippen LogP contribution in [0.3, 0.4) is 0 Å². The Morgan fingerprint density at radius 2 is 2.07 bits per heavy atom. The minimum absolute atomic E-state index is 0.0319. The van der Waals surface area contributed by atoms with Crippen molar-refractivity contribution < 1.29 is 8.42 Å². The summed E-state index contributed by atoms with van der Waals surface area (Å²) in [5.74, 6) is -0.0319. The second kappa shape index (κ2) is 2.83. The molecule has 0 bridgehead atoms. The number of hydrogen-bond donors (Lipinski definition) is 1. The molecule has 0 saturated heterocycles. The molecule has 0 amide bonds. The Hall–Kier alpha value is -1.85. The molecule has 1 aliphatic rings. The smallest absolute Gasteiger partial charge is 0.199 e. The van der Waals surface area contributed by atoms with Crippen LogP contribution in [0.2, 0.25) is 0 Å². The summed E-state index contributed by atoms with van der Waals surface area (Å²) in [5.41, 5.74) is 6.91. The number of sulfonamides is 1. The highest BCUT2D eigenvalue weighted by Crippen LogP contribution is 2.25. The van der Waals surface area contributed by atoms with E-state index in [1.165, 1.54) is 6.07 Å². The van der Waals surface area contributed by atoms with Crippen LogP contribution in [-0.2, 0) is 10.0 Å². The van der Waals surface area contributed by atoms with E-state index in [4.69, 9.17) is 5.53 Å². The third-order valence-corrected chi connectivity index (χ3v) is 3.08. The van der Waals surface area contributed by atoms with Gasteiger partial charge in [-0.3, -0.25) is 0 Å². The van der Waals surface area contributed by atoms with Crippen LogP contribution in [0.1, 0.15) is 5.56 Å². The van der Waals surface area contributed by atoms with Crippen molar-refractivity contribution in [1.82, 2.24) is 4.91 Å². The quantitative estimate of drug-likeness (QED) is 0.502. The number of nitrogens with zero attached hydrogens (tertiary/aromatic N) is 3. The van der Waals surface area contributed by atoms with E-state index >= 15 is 0 Å². The monoisotopic (exact) mass is 209 g/mol. The molecule has 6 nitrogen and oxygen atoms in total. The van der Waals surface area contributed by atoms with Gasteiger partial charge in [0, 0.05) is 5.56 Å². The first-order valence-electron chi connectivity index (χ1n) is 3.67. The number of benzene rings is 1. The van der Waals surface area contributed by atoms with Gasteiger partial charge in [0.1, 0.15) is 10.4 Å². The molecular weight excluding hydrogens is 204 g/mol. The second-order valence-corrected chi connectivity index (χ2v) is 4.16. The van der Waals surface area contributed by atoms with Gasteiger partial charge in [-0.25, -0.2) is 0 Å². The van der Waals surface area contributed by atoms with Gasteiger partial charge in [0.25, 0.3) is 15.9 Å². The van der Waals surface area contributed by atoms with E-state index in [9.17, 15) is 8.42 Å². The zero-order chi connectivity index (χ0) is 10.2. The van der Waals surface area contributed by atoms with Gasteiger partial charge < -0.3 is 0 Å². The molecule has 1 aliphatic heterocycles. The summed E-state index contributed by atoms with van der Waals surface area (Å²) in [4.78, 5) is 2.88. The zero-order valence-electron chi connectivity index (χ0n) is 6.88. The van der Waals surface area contributed by atoms with Crippen molar-refractivity contribution in [3.8, 4) is 0 Å². The Morgan fingerprint density at radius 3 is 2.79 bits per heavy atom. The van der Waals surface area contributed by atoms with Crippen LogP contribution >= 0.6 is 0 Å². The number of nitrogens with one attached hydrogen (secondary N) is 1. The van der Waals surface area contributed by atoms with Gasteiger partial charge in [0.15, 0.2) is 5.11 Å². The molecule has 0 saturated carbocycles. The number of hydrogen-bond acceptors (Lipinski definition) is 4. The van der Waals surface area contributed by atoms with Gasteiger partial charge in [0.05, 0.1) is 0 Å². The third kappa shape index (κ3) is 1.15. The summed E-state index contributed by atoms with van der Waals surface area (Å²) in [5, 5.41) is 3.32. The largest absolute Gasteiger partial charge is 0.285 e. The van der Waals surface area contributed by atoms with Crippen LogP contribution in [0.5, 0.6) is 0 Å². The average Bonchev–Trinajstić information content (AvgIpc) is 2.41. The second-order valence-electron chi connectivity index (χ2n) is 2.59. The molecule has 0 spiro atoms. The average molecular weight is 209 g/mol. The lowest BCUT2D eigenvalue weighted by Crippen LogP contribution is -1.93. The fourth-order valence-corrected chi connectivity index (χ4v) is 2.36. The highest BCUT2D eigenvalue weighted by atomic mass is 32.2. The highest BCUT2D eigenvalue weighted by molar-refractivity contribution is 7.90. The maximum absolute atomic E-state index is 11.4. The van der Waals surface area contributed by atoms with Crippen molar-refractivity contribution in [2.24, 2.45) is 9.51 Å². The zero-order valence-corrected chi connectivity index (χ0v) is 7.69. The number of fused-ring (bicyclic) bond motifs is 1. The summed E-state index contributed by atoms with van der Waals surface area (Å²) >= 11 is 0. The van der Waals surface area contributed by atoms with Crippen LogP contribution in [0.25, 0.3) is 0 Å². The first-order chi connectivity index (χ1) is 6.65. The van der Waals surface area contributed by atoms with E-state index in [2.05, 4.69) is 14.4 Å². The van der Waals surface area contributed by atoms with E-state index in [0.717, 1.165) is 0 Å². The number of amidine groups is 1. The fraction of sp³-hybridized carbons (Fsp3) is 0. The minimum atomic E-state index is -3.63. The maximum Gasteiger partial charge on any atom is 0.285 e. The molecule has 0 aromatic heterocycles. The van der Waals surface area contributed by atoms with Crippen LogP contribution < -0.4 is 4.91 Å². The van der Waals surface area contributed by atoms with Crippen molar-refractivity contribution in [2.45, 2.75) is 4.90 Å². The molecular formula is C7H5N4O2S+. The predicted molar refractivity (Wildman–Crippen MR) is 47.4 cm³/mol. The minimum Gasteiger partial charge on any atom is -0.199 e. The van der Waals surface area contributed by atoms with Crippen LogP contribution in [-0.4, -0.2) is 14.3 Å². The van der Waals surface area contributed by atoms with Gasteiger partial charge >= 0.3 is 0 Å². The molecule has 14 heavy (non-hydrogen) atoms. The molecule has 1 aromatic rings. The van der Waals surface area contributed by atoms with Gasteiger partial charge in [-0.1, -0.05) is 12.1 Å². The molecule has 70 valence electrons. The Balaban J connectivity index is 2.79. The van der Waals surface area contributed by atoms with Crippen LogP contribution in [0, 0.1) is 5.53 Å². The molecule has 0 fully saturated rings. The van der Waals surface area contributed by atoms with Gasteiger partial charge in [-0.15, -0.1) is 4.40 Å². The van der Waals surface area contributed by atoms with Gasteiger partial charge in [-0.2, -0.15) is 8.42 Å². The van der Waals surface area contributed by atoms with Gasteiger partial charge in [-0.05, 0) is 12.1 Å². The normalized spacial score (nSPS) is 16.7. The topological polar surface area (TPSA) is 96.8 Å².